The van der Waals surface area contributed by atoms with Crippen molar-refractivity contribution in [2.24, 2.45) is 0 Å². The van der Waals surface area contributed by atoms with Gasteiger partial charge in [0.2, 0.25) is 0 Å². The zero-order chi connectivity index (χ0) is 14.1. The van der Waals surface area contributed by atoms with Crippen molar-refractivity contribution in [1.29, 1.82) is 0 Å². The molecule has 0 atom stereocenters. The Kier molecular flexibility index (Phi) is 3.14. The number of benzene rings is 1. The van der Waals surface area contributed by atoms with Crippen LogP contribution < -0.4 is 10.5 Å². The summed E-state index contributed by atoms with van der Waals surface area (Å²) in [5, 5.41) is 0. The number of hydrogen-bond acceptors (Lipinski definition) is 2. The Hall–Kier alpha value is -2.36. The van der Waals surface area contributed by atoms with Crippen LogP contribution in [0, 0.1) is 6.92 Å². The van der Waals surface area contributed by atoms with E-state index in [0.717, 1.165) is 24.1 Å². The molecule has 0 bridgehead atoms. The van der Waals surface area contributed by atoms with Gasteiger partial charge in [0, 0.05) is 18.4 Å². The lowest BCUT2D eigenvalue weighted by Crippen LogP contribution is -2.38. The second-order valence-electron chi connectivity index (χ2n) is 5.05. The fourth-order valence-corrected chi connectivity index (χ4v) is 2.72. The number of nitrogens with one attached hydrogen (secondary N) is 1. The number of aromatic nitrogens is 1. The highest BCUT2D eigenvalue weighted by Gasteiger charge is 2.25. The summed E-state index contributed by atoms with van der Waals surface area (Å²) in [6.45, 7) is 2.45. The molecule has 0 fully saturated rings. The molecule has 4 nitrogen and oxygen atoms in total. The van der Waals surface area contributed by atoms with Crippen LogP contribution in [0.1, 0.15) is 27.9 Å². The van der Waals surface area contributed by atoms with Gasteiger partial charge < -0.3 is 9.88 Å². The summed E-state index contributed by atoms with van der Waals surface area (Å²) in [6.07, 6.45) is 3.47. The van der Waals surface area contributed by atoms with E-state index in [1.54, 1.807) is 24.1 Å². The van der Waals surface area contributed by atoms with Crippen LogP contribution in [0.4, 0.5) is 5.69 Å². The zero-order valence-electron chi connectivity index (χ0n) is 11.3. The summed E-state index contributed by atoms with van der Waals surface area (Å²) in [6, 6.07) is 9.64. The number of fused-ring (bicyclic) bond motifs is 1. The van der Waals surface area contributed by atoms with Crippen LogP contribution in [0.2, 0.25) is 0 Å². The number of carbonyl (C=O) groups excluding carboxylic acids is 1. The Bertz CT molecular complexity index is 718. The number of rotatable bonds is 1. The van der Waals surface area contributed by atoms with Crippen molar-refractivity contribution >= 4 is 11.6 Å². The molecule has 0 saturated heterocycles. The highest BCUT2D eigenvalue weighted by atomic mass is 16.2. The van der Waals surface area contributed by atoms with E-state index in [9.17, 15) is 9.59 Å². The molecule has 1 aromatic heterocycles. The molecule has 1 amide bonds. The van der Waals surface area contributed by atoms with Crippen LogP contribution in [0.15, 0.2) is 41.3 Å². The van der Waals surface area contributed by atoms with E-state index >= 15 is 0 Å². The normalized spacial score (nSPS) is 13.9. The molecule has 0 unspecified atom stereocenters. The first kappa shape index (κ1) is 12.7. The van der Waals surface area contributed by atoms with Crippen molar-refractivity contribution in [2.75, 3.05) is 11.4 Å². The molecule has 0 saturated carbocycles. The summed E-state index contributed by atoms with van der Waals surface area (Å²) in [5.74, 6) is -0.212. The Labute approximate surface area is 117 Å². The van der Waals surface area contributed by atoms with Crippen molar-refractivity contribution in [3.8, 4) is 0 Å². The Morgan fingerprint density at radius 2 is 2.05 bits per heavy atom. The number of pyridine rings is 1. The van der Waals surface area contributed by atoms with Gasteiger partial charge in [-0.3, -0.25) is 9.59 Å². The second-order valence-corrected chi connectivity index (χ2v) is 5.05. The molecular formula is C16H16N2O2. The third kappa shape index (κ3) is 2.03. The Morgan fingerprint density at radius 3 is 2.85 bits per heavy atom. The van der Waals surface area contributed by atoms with E-state index in [4.69, 9.17) is 0 Å². The topological polar surface area (TPSA) is 53.2 Å². The molecule has 3 rings (SSSR count). The van der Waals surface area contributed by atoms with E-state index in [2.05, 4.69) is 4.98 Å². The van der Waals surface area contributed by atoms with Gasteiger partial charge in [-0.1, -0.05) is 18.2 Å². The number of carbonyl (C=O) groups is 1. The quantitative estimate of drug-likeness (QED) is 0.862. The summed E-state index contributed by atoms with van der Waals surface area (Å²) in [7, 11) is 0. The number of para-hydroxylation sites is 1. The van der Waals surface area contributed by atoms with Gasteiger partial charge in [0.25, 0.3) is 11.5 Å². The number of anilines is 1. The van der Waals surface area contributed by atoms with Crippen molar-refractivity contribution < 1.29 is 4.79 Å². The first-order valence-electron chi connectivity index (χ1n) is 6.76. The van der Waals surface area contributed by atoms with Crippen LogP contribution in [-0.4, -0.2) is 17.4 Å². The van der Waals surface area contributed by atoms with Gasteiger partial charge in [0.05, 0.1) is 0 Å². The first-order valence-corrected chi connectivity index (χ1v) is 6.76. The number of H-pyrrole nitrogens is 1. The summed E-state index contributed by atoms with van der Waals surface area (Å²) < 4.78 is 0. The molecule has 1 aromatic carbocycles. The highest BCUT2D eigenvalue weighted by molar-refractivity contribution is 6.07. The average Bonchev–Trinajstić information content (AvgIpc) is 2.46. The lowest BCUT2D eigenvalue weighted by atomic mass is 10.0. The molecule has 0 radical (unpaired) electrons. The molecule has 1 aliphatic rings. The lowest BCUT2D eigenvalue weighted by molar-refractivity contribution is 0.0983. The Morgan fingerprint density at radius 1 is 1.25 bits per heavy atom. The molecule has 2 heterocycles. The van der Waals surface area contributed by atoms with Crippen molar-refractivity contribution in [1.82, 2.24) is 4.98 Å². The predicted molar refractivity (Wildman–Crippen MR) is 78.2 cm³/mol. The number of nitrogens with zero attached hydrogens (tertiary/aromatic N) is 1. The van der Waals surface area contributed by atoms with Crippen molar-refractivity contribution in [3.05, 3.63) is 63.6 Å². The van der Waals surface area contributed by atoms with Gasteiger partial charge in [-0.15, -0.1) is 0 Å². The molecule has 2 aromatic rings. The summed E-state index contributed by atoms with van der Waals surface area (Å²) in [4.78, 5) is 28.9. The largest absolute Gasteiger partial charge is 0.328 e. The maximum atomic E-state index is 12.7. The molecule has 0 aliphatic carbocycles. The molecule has 4 heteroatoms. The fourth-order valence-electron chi connectivity index (χ4n) is 2.72. The van der Waals surface area contributed by atoms with Crippen molar-refractivity contribution in [3.63, 3.8) is 0 Å². The molecule has 1 aliphatic heterocycles. The van der Waals surface area contributed by atoms with Gasteiger partial charge in [0.15, 0.2) is 0 Å². The van der Waals surface area contributed by atoms with Crippen LogP contribution in [0.25, 0.3) is 0 Å². The third-order valence-corrected chi connectivity index (χ3v) is 3.74. The predicted octanol–water partition coefficient (Wildman–Crippen LogP) is 2.28. The van der Waals surface area contributed by atoms with Crippen LogP contribution in [-0.2, 0) is 6.42 Å². The first-order chi connectivity index (χ1) is 9.68. The van der Waals surface area contributed by atoms with Crippen LogP contribution in [0.3, 0.4) is 0 Å². The monoisotopic (exact) mass is 268 g/mol. The second kappa shape index (κ2) is 4.96. The maximum Gasteiger partial charge on any atom is 0.264 e. The summed E-state index contributed by atoms with van der Waals surface area (Å²) in [5.41, 5.74) is 2.72. The third-order valence-electron chi connectivity index (χ3n) is 3.74. The van der Waals surface area contributed by atoms with Gasteiger partial charge >= 0.3 is 0 Å². The summed E-state index contributed by atoms with van der Waals surface area (Å²) >= 11 is 0. The molecular weight excluding hydrogens is 252 g/mol. The SMILES string of the molecule is Cc1cc[nH]c(=O)c1C(=O)N1CCCc2ccccc21. The lowest BCUT2D eigenvalue weighted by Gasteiger charge is -2.29. The number of hydrogen-bond donors (Lipinski definition) is 1. The van der Waals surface area contributed by atoms with E-state index in [0.29, 0.717) is 12.1 Å². The molecule has 0 spiro atoms. The highest BCUT2D eigenvalue weighted by Crippen LogP contribution is 2.27. The minimum absolute atomic E-state index is 0.212. The van der Waals surface area contributed by atoms with E-state index in [-0.39, 0.29) is 17.0 Å². The smallest absolute Gasteiger partial charge is 0.264 e. The van der Waals surface area contributed by atoms with E-state index in [1.165, 1.54) is 0 Å². The van der Waals surface area contributed by atoms with Gasteiger partial charge in [0.1, 0.15) is 5.56 Å². The van der Waals surface area contributed by atoms with Gasteiger partial charge in [-0.25, -0.2) is 0 Å². The molecule has 20 heavy (non-hydrogen) atoms. The number of aromatic amines is 1. The molecule has 102 valence electrons. The fraction of sp³-hybridized carbons (Fsp3) is 0.250. The van der Waals surface area contributed by atoms with Gasteiger partial charge in [-0.2, -0.15) is 0 Å². The standard InChI is InChI=1S/C16H16N2O2/c1-11-8-9-17-15(19)14(11)16(20)18-10-4-6-12-5-2-3-7-13(12)18/h2-3,5,7-9H,4,6,10H2,1H3,(H,17,19). The van der Waals surface area contributed by atoms with Crippen LogP contribution in [0.5, 0.6) is 0 Å². The van der Waals surface area contributed by atoms with Gasteiger partial charge in [-0.05, 0) is 43.0 Å². The maximum absolute atomic E-state index is 12.7. The zero-order valence-corrected chi connectivity index (χ0v) is 11.3. The van der Waals surface area contributed by atoms with Crippen molar-refractivity contribution in [2.45, 2.75) is 19.8 Å². The van der Waals surface area contributed by atoms with E-state index < -0.39 is 0 Å². The van der Waals surface area contributed by atoms with E-state index in [1.807, 2.05) is 24.3 Å². The minimum Gasteiger partial charge on any atom is -0.328 e. The number of aryl methyl sites for hydroxylation is 2. The molecule has 1 N–H and O–H groups in total. The van der Waals surface area contributed by atoms with Crippen LogP contribution >= 0.6 is 0 Å². The number of amides is 1. The minimum atomic E-state index is -0.321. The Balaban J connectivity index is 2.07. The average molecular weight is 268 g/mol.